The Morgan fingerprint density at radius 2 is 1.97 bits per heavy atom. The van der Waals surface area contributed by atoms with Crippen LogP contribution in [0.25, 0.3) is 11.1 Å². The lowest BCUT2D eigenvalue weighted by Crippen LogP contribution is -2.30. The number of hydrogen-bond acceptors (Lipinski definition) is 2. The summed E-state index contributed by atoms with van der Waals surface area (Å²) < 4.78 is 55.4. The molecule has 2 aromatic carbocycles. The Labute approximate surface area is 197 Å². The molecule has 0 bridgehead atoms. The molecule has 4 nitrogen and oxygen atoms in total. The van der Waals surface area contributed by atoms with Crippen molar-refractivity contribution in [3.63, 3.8) is 0 Å². The van der Waals surface area contributed by atoms with Crippen molar-refractivity contribution in [3.05, 3.63) is 76.4 Å². The second-order valence-corrected chi connectivity index (χ2v) is 8.97. The molecule has 0 aliphatic heterocycles. The van der Waals surface area contributed by atoms with E-state index in [9.17, 15) is 22.4 Å². The lowest BCUT2D eigenvalue weighted by atomic mass is 9.97. The number of carbonyl (C=O) groups excluding carboxylic acids is 1. The van der Waals surface area contributed by atoms with Crippen molar-refractivity contribution in [2.75, 3.05) is 0 Å². The van der Waals surface area contributed by atoms with Gasteiger partial charge in [0.2, 0.25) is 0 Å². The molecule has 1 N–H and O–H groups in total. The van der Waals surface area contributed by atoms with Crippen LogP contribution in [0.1, 0.15) is 51.6 Å². The van der Waals surface area contributed by atoms with Crippen molar-refractivity contribution in [2.24, 2.45) is 13.0 Å². The van der Waals surface area contributed by atoms with Gasteiger partial charge in [-0.05, 0) is 66.1 Å². The highest BCUT2D eigenvalue weighted by Gasteiger charge is 2.38. The maximum absolute atomic E-state index is 13.7. The van der Waals surface area contributed by atoms with E-state index in [1.165, 1.54) is 25.4 Å². The second kappa shape index (κ2) is 8.93. The summed E-state index contributed by atoms with van der Waals surface area (Å²) in [5.41, 5.74) is 1.40. The maximum atomic E-state index is 13.7. The monoisotopic (exact) mass is 523 g/mol. The highest BCUT2D eigenvalue weighted by Crippen LogP contribution is 2.42. The third-order valence-electron chi connectivity index (χ3n) is 5.74. The molecular formula is C24H22BrF4N3O. The SMILES string of the molecule is Cc1cc([C@@H](NC(=O)c2cc(CBr)cc(-c3cn(C)nc3C(F)(F)F)c2)C2CC2)ccc1F. The van der Waals surface area contributed by atoms with Crippen molar-refractivity contribution >= 4 is 21.8 Å². The van der Waals surface area contributed by atoms with Crippen LogP contribution in [0.15, 0.2) is 42.6 Å². The minimum absolute atomic E-state index is 0.0882. The molecule has 0 saturated heterocycles. The van der Waals surface area contributed by atoms with Crippen LogP contribution in [-0.2, 0) is 18.6 Å². The molecule has 1 fully saturated rings. The molecular weight excluding hydrogens is 502 g/mol. The largest absolute Gasteiger partial charge is 0.435 e. The van der Waals surface area contributed by atoms with E-state index in [1.807, 2.05) is 0 Å². The minimum Gasteiger partial charge on any atom is -0.345 e. The fraction of sp³-hybridized carbons (Fsp3) is 0.333. The summed E-state index contributed by atoms with van der Waals surface area (Å²) in [6.07, 6.45) is -1.44. The van der Waals surface area contributed by atoms with Gasteiger partial charge in [0.1, 0.15) is 5.82 Å². The average Bonchev–Trinajstić information content (AvgIpc) is 3.53. The van der Waals surface area contributed by atoms with E-state index in [1.54, 1.807) is 31.2 Å². The Balaban J connectivity index is 1.69. The smallest absolute Gasteiger partial charge is 0.345 e. The molecule has 4 rings (SSSR count). The molecule has 1 aromatic heterocycles. The molecule has 1 atom stereocenters. The summed E-state index contributed by atoms with van der Waals surface area (Å²) in [4.78, 5) is 13.2. The van der Waals surface area contributed by atoms with Crippen LogP contribution in [0.5, 0.6) is 0 Å². The maximum Gasteiger partial charge on any atom is 0.435 e. The standard InChI is InChI=1S/C24H22BrF4N3O/c1-13-7-16(5-6-20(13)26)21(15-3-4-15)30-23(33)18-9-14(11-25)8-17(10-18)19-12-32(2)31-22(19)24(27,28)29/h5-10,12,15,21H,3-4,11H2,1-2H3,(H,30,33)/t21-/m0/s1. The van der Waals surface area contributed by atoms with E-state index in [-0.39, 0.29) is 34.5 Å². The van der Waals surface area contributed by atoms with Crippen molar-refractivity contribution < 1.29 is 22.4 Å². The van der Waals surface area contributed by atoms with E-state index < -0.39 is 17.8 Å². The summed E-state index contributed by atoms with van der Waals surface area (Å²) >= 11 is 3.34. The van der Waals surface area contributed by atoms with Gasteiger partial charge in [-0.2, -0.15) is 18.3 Å². The van der Waals surface area contributed by atoms with E-state index >= 15 is 0 Å². The molecule has 1 heterocycles. The van der Waals surface area contributed by atoms with Gasteiger partial charge < -0.3 is 5.32 Å². The zero-order chi connectivity index (χ0) is 23.9. The van der Waals surface area contributed by atoms with Crippen LogP contribution < -0.4 is 5.32 Å². The zero-order valence-electron chi connectivity index (χ0n) is 18.0. The fourth-order valence-corrected chi connectivity index (χ4v) is 4.28. The van der Waals surface area contributed by atoms with Gasteiger partial charge >= 0.3 is 6.18 Å². The first-order chi connectivity index (χ1) is 15.6. The van der Waals surface area contributed by atoms with Gasteiger partial charge in [0.05, 0.1) is 6.04 Å². The van der Waals surface area contributed by atoms with Crippen LogP contribution in [0.4, 0.5) is 17.6 Å². The van der Waals surface area contributed by atoms with Crippen molar-refractivity contribution in [3.8, 4) is 11.1 Å². The van der Waals surface area contributed by atoms with Crippen LogP contribution in [0.2, 0.25) is 0 Å². The molecule has 9 heteroatoms. The highest BCUT2D eigenvalue weighted by molar-refractivity contribution is 9.08. The molecule has 3 aromatic rings. The van der Waals surface area contributed by atoms with E-state index in [4.69, 9.17) is 0 Å². The average molecular weight is 524 g/mol. The molecule has 33 heavy (non-hydrogen) atoms. The first kappa shape index (κ1) is 23.5. The van der Waals surface area contributed by atoms with Gasteiger partial charge in [-0.3, -0.25) is 9.48 Å². The van der Waals surface area contributed by atoms with Gasteiger partial charge in [0.25, 0.3) is 5.91 Å². The predicted octanol–water partition coefficient (Wildman–Crippen LogP) is 6.33. The summed E-state index contributed by atoms with van der Waals surface area (Å²) in [5, 5.41) is 6.96. The number of benzene rings is 2. The summed E-state index contributed by atoms with van der Waals surface area (Å²) in [6, 6.07) is 9.19. The fourth-order valence-electron chi connectivity index (χ4n) is 3.95. The number of rotatable bonds is 6. The van der Waals surface area contributed by atoms with Crippen LogP contribution >= 0.6 is 15.9 Å². The molecule has 1 saturated carbocycles. The van der Waals surface area contributed by atoms with E-state index in [2.05, 4.69) is 26.3 Å². The Hall–Kier alpha value is -2.68. The first-order valence-electron chi connectivity index (χ1n) is 10.4. The van der Waals surface area contributed by atoms with Gasteiger partial charge in [-0.1, -0.05) is 34.1 Å². The number of amides is 1. The molecule has 174 valence electrons. The van der Waals surface area contributed by atoms with Crippen molar-refractivity contribution in [2.45, 2.75) is 37.3 Å². The number of hydrogen-bond donors (Lipinski definition) is 1. The molecule has 1 aliphatic carbocycles. The summed E-state index contributed by atoms with van der Waals surface area (Å²) in [6.45, 7) is 1.67. The Morgan fingerprint density at radius 1 is 1.24 bits per heavy atom. The minimum atomic E-state index is -4.62. The third kappa shape index (κ3) is 5.13. The van der Waals surface area contributed by atoms with E-state index in [0.717, 1.165) is 23.1 Å². The third-order valence-corrected chi connectivity index (χ3v) is 6.39. The number of nitrogens with zero attached hydrogens (tertiary/aromatic N) is 2. The van der Waals surface area contributed by atoms with Gasteiger partial charge in [0, 0.05) is 29.7 Å². The number of halogens is 5. The topological polar surface area (TPSA) is 46.9 Å². The Bertz CT molecular complexity index is 1200. The lowest BCUT2D eigenvalue weighted by Gasteiger charge is -2.20. The Morgan fingerprint density at radius 3 is 2.58 bits per heavy atom. The molecule has 0 radical (unpaired) electrons. The lowest BCUT2D eigenvalue weighted by molar-refractivity contribution is -0.140. The number of alkyl halides is 4. The quantitative estimate of drug-likeness (QED) is 0.303. The Kier molecular flexibility index (Phi) is 6.35. The van der Waals surface area contributed by atoms with Crippen LogP contribution in [0, 0.1) is 18.7 Å². The summed E-state index contributed by atoms with van der Waals surface area (Å²) in [7, 11) is 1.42. The molecule has 0 spiro atoms. The molecule has 1 aliphatic rings. The number of aryl methyl sites for hydroxylation is 2. The second-order valence-electron chi connectivity index (χ2n) is 8.41. The van der Waals surface area contributed by atoms with Crippen molar-refractivity contribution in [1.29, 1.82) is 0 Å². The van der Waals surface area contributed by atoms with Crippen LogP contribution in [-0.4, -0.2) is 15.7 Å². The molecule has 0 unspecified atom stereocenters. The van der Waals surface area contributed by atoms with Gasteiger partial charge in [-0.15, -0.1) is 0 Å². The normalized spacial score (nSPS) is 14.9. The zero-order valence-corrected chi connectivity index (χ0v) is 19.6. The first-order valence-corrected chi connectivity index (χ1v) is 11.6. The number of aromatic nitrogens is 2. The van der Waals surface area contributed by atoms with Crippen molar-refractivity contribution in [1.82, 2.24) is 15.1 Å². The number of nitrogens with one attached hydrogen (secondary N) is 1. The molecule has 1 amide bonds. The highest BCUT2D eigenvalue weighted by atomic mass is 79.9. The van der Waals surface area contributed by atoms with Gasteiger partial charge in [-0.25, -0.2) is 4.39 Å². The predicted molar refractivity (Wildman–Crippen MR) is 120 cm³/mol. The van der Waals surface area contributed by atoms with Gasteiger partial charge in [0.15, 0.2) is 5.69 Å². The van der Waals surface area contributed by atoms with E-state index in [0.29, 0.717) is 16.5 Å². The number of carbonyl (C=O) groups is 1. The summed E-state index contributed by atoms with van der Waals surface area (Å²) in [5.74, 6) is -0.464. The van der Waals surface area contributed by atoms with Crippen LogP contribution in [0.3, 0.4) is 0 Å².